The maximum absolute atomic E-state index is 12.5. The molecule has 1 amide bonds. The molecule has 0 atom stereocenters. The van der Waals surface area contributed by atoms with Gasteiger partial charge in [0.05, 0.1) is 11.1 Å². The molecule has 2 aromatic rings. The normalized spacial score (nSPS) is 14.7. The SMILES string of the molecule is Cc1c(C(=O)O)cccc1C(=O)NC1(COc2ccccc2)CC1. The molecule has 3 rings (SSSR count). The summed E-state index contributed by atoms with van der Waals surface area (Å²) in [6.45, 7) is 2.05. The third-order valence-corrected chi connectivity index (χ3v) is 4.30. The first-order chi connectivity index (χ1) is 11.5. The highest BCUT2D eigenvalue weighted by molar-refractivity contribution is 6.00. The van der Waals surface area contributed by atoms with Gasteiger partial charge in [-0.2, -0.15) is 0 Å². The number of amides is 1. The molecule has 0 saturated heterocycles. The molecule has 0 radical (unpaired) electrons. The Morgan fingerprint density at radius 3 is 2.38 bits per heavy atom. The van der Waals surface area contributed by atoms with Crippen molar-refractivity contribution in [3.63, 3.8) is 0 Å². The highest BCUT2D eigenvalue weighted by Gasteiger charge is 2.45. The number of aromatic carboxylic acids is 1. The topological polar surface area (TPSA) is 75.6 Å². The molecule has 2 N–H and O–H groups in total. The lowest BCUT2D eigenvalue weighted by molar-refractivity contribution is 0.0696. The van der Waals surface area contributed by atoms with Gasteiger partial charge in [-0.1, -0.05) is 24.3 Å². The van der Waals surface area contributed by atoms with Crippen LogP contribution in [0.1, 0.15) is 39.1 Å². The first kappa shape index (κ1) is 16.1. The number of para-hydroxylation sites is 1. The van der Waals surface area contributed by atoms with E-state index in [9.17, 15) is 14.7 Å². The number of carboxylic acid groups (broad SMARTS) is 1. The molecule has 0 unspecified atom stereocenters. The Kier molecular flexibility index (Phi) is 4.25. The summed E-state index contributed by atoms with van der Waals surface area (Å²) in [6, 6.07) is 14.2. The van der Waals surface area contributed by atoms with Gasteiger partial charge < -0.3 is 15.2 Å². The largest absolute Gasteiger partial charge is 0.491 e. The smallest absolute Gasteiger partial charge is 0.335 e. The van der Waals surface area contributed by atoms with Gasteiger partial charge in [0.15, 0.2) is 0 Å². The fraction of sp³-hybridized carbons (Fsp3) is 0.263. The van der Waals surface area contributed by atoms with E-state index >= 15 is 0 Å². The zero-order valence-corrected chi connectivity index (χ0v) is 13.4. The Labute approximate surface area is 140 Å². The van der Waals surface area contributed by atoms with Crippen LogP contribution in [0.4, 0.5) is 0 Å². The molecule has 24 heavy (non-hydrogen) atoms. The van der Waals surface area contributed by atoms with Crippen molar-refractivity contribution in [3.05, 3.63) is 65.2 Å². The average molecular weight is 325 g/mol. The number of nitrogens with one attached hydrogen (secondary N) is 1. The van der Waals surface area contributed by atoms with Crippen molar-refractivity contribution in [1.29, 1.82) is 0 Å². The number of rotatable bonds is 6. The Hall–Kier alpha value is -2.82. The van der Waals surface area contributed by atoms with Crippen LogP contribution in [0.15, 0.2) is 48.5 Å². The number of benzene rings is 2. The van der Waals surface area contributed by atoms with Crippen LogP contribution in [0.2, 0.25) is 0 Å². The lowest BCUT2D eigenvalue weighted by Crippen LogP contribution is -2.41. The molecule has 0 spiro atoms. The lowest BCUT2D eigenvalue weighted by Gasteiger charge is -2.19. The van der Waals surface area contributed by atoms with Gasteiger partial charge >= 0.3 is 5.97 Å². The molecule has 5 heteroatoms. The molecule has 0 bridgehead atoms. The maximum atomic E-state index is 12.5. The lowest BCUT2D eigenvalue weighted by atomic mass is 10.0. The van der Waals surface area contributed by atoms with E-state index in [1.807, 2.05) is 30.3 Å². The van der Waals surface area contributed by atoms with Gasteiger partial charge in [0.25, 0.3) is 5.91 Å². The summed E-state index contributed by atoms with van der Waals surface area (Å²) >= 11 is 0. The van der Waals surface area contributed by atoms with Crippen LogP contribution < -0.4 is 10.1 Å². The zero-order chi connectivity index (χ0) is 17.2. The second-order valence-corrected chi connectivity index (χ2v) is 6.12. The molecule has 0 aromatic heterocycles. The standard InChI is InChI=1S/C19H19NO4/c1-13-15(8-5-9-16(13)18(22)23)17(21)20-19(10-11-19)12-24-14-6-3-2-4-7-14/h2-9H,10-12H2,1H3,(H,20,21)(H,22,23). The third-order valence-electron chi connectivity index (χ3n) is 4.30. The van der Waals surface area contributed by atoms with Crippen molar-refractivity contribution >= 4 is 11.9 Å². The van der Waals surface area contributed by atoms with E-state index in [4.69, 9.17) is 4.74 Å². The first-order valence-corrected chi connectivity index (χ1v) is 7.84. The number of carbonyl (C=O) groups is 2. The number of carbonyl (C=O) groups excluding carboxylic acids is 1. The Bertz CT molecular complexity index is 766. The van der Waals surface area contributed by atoms with Gasteiger partial charge in [-0.15, -0.1) is 0 Å². The molecule has 124 valence electrons. The summed E-state index contributed by atoms with van der Waals surface area (Å²) in [5, 5.41) is 12.2. The van der Waals surface area contributed by atoms with Crippen molar-refractivity contribution in [3.8, 4) is 5.75 Å². The number of hydrogen-bond donors (Lipinski definition) is 2. The molecule has 5 nitrogen and oxygen atoms in total. The molecule has 0 heterocycles. The van der Waals surface area contributed by atoms with Crippen molar-refractivity contribution < 1.29 is 19.4 Å². The quantitative estimate of drug-likeness (QED) is 0.856. The van der Waals surface area contributed by atoms with Crippen molar-refractivity contribution in [2.75, 3.05) is 6.61 Å². The molecule has 0 aliphatic heterocycles. The van der Waals surface area contributed by atoms with E-state index in [1.54, 1.807) is 19.1 Å². The minimum absolute atomic E-state index is 0.146. The van der Waals surface area contributed by atoms with Crippen molar-refractivity contribution in [1.82, 2.24) is 5.32 Å². The van der Waals surface area contributed by atoms with E-state index in [0.29, 0.717) is 17.7 Å². The summed E-state index contributed by atoms with van der Waals surface area (Å²) in [7, 11) is 0. The summed E-state index contributed by atoms with van der Waals surface area (Å²) < 4.78 is 5.75. The minimum Gasteiger partial charge on any atom is -0.491 e. The van der Waals surface area contributed by atoms with Gasteiger partial charge in [0, 0.05) is 5.56 Å². The molecule has 1 aliphatic carbocycles. The second kappa shape index (κ2) is 6.35. The van der Waals surface area contributed by atoms with Crippen LogP contribution in [0.25, 0.3) is 0 Å². The first-order valence-electron chi connectivity index (χ1n) is 7.84. The van der Waals surface area contributed by atoms with Gasteiger partial charge in [0.2, 0.25) is 0 Å². The molecule has 1 saturated carbocycles. The summed E-state index contributed by atoms with van der Waals surface area (Å²) in [6.07, 6.45) is 1.70. The van der Waals surface area contributed by atoms with Gasteiger partial charge in [0.1, 0.15) is 12.4 Å². The Morgan fingerprint density at radius 1 is 1.08 bits per heavy atom. The molecule has 1 aliphatic rings. The fourth-order valence-corrected chi connectivity index (χ4v) is 2.62. The van der Waals surface area contributed by atoms with Crippen molar-refractivity contribution in [2.45, 2.75) is 25.3 Å². The van der Waals surface area contributed by atoms with E-state index in [2.05, 4.69) is 5.32 Å². The molecular weight excluding hydrogens is 306 g/mol. The molecular formula is C19H19NO4. The Morgan fingerprint density at radius 2 is 1.75 bits per heavy atom. The predicted octanol–water partition coefficient (Wildman–Crippen LogP) is 3.03. The monoisotopic (exact) mass is 325 g/mol. The van der Waals surface area contributed by atoms with Crippen molar-refractivity contribution in [2.24, 2.45) is 0 Å². The third kappa shape index (κ3) is 3.40. The van der Waals surface area contributed by atoms with Crippen LogP contribution >= 0.6 is 0 Å². The highest BCUT2D eigenvalue weighted by Crippen LogP contribution is 2.36. The zero-order valence-electron chi connectivity index (χ0n) is 13.4. The summed E-state index contributed by atoms with van der Waals surface area (Å²) in [4.78, 5) is 23.7. The van der Waals surface area contributed by atoms with Crippen LogP contribution in [-0.4, -0.2) is 29.1 Å². The second-order valence-electron chi connectivity index (χ2n) is 6.12. The predicted molar refractivity (Wildman–Crippen MR) is 89.5 cm³/mol. The van der Waals surface area contributed by atoms with Gasteiger partial charge in [-0.3, -0.25) is 4.79 Å². The van der Waals surface area contributed by atoms with Crippen LogP contribution in [0, 0.1) is 6.92 Å². The highest BCUT2D eigenvalue weighted by atomic mass is 16.5. The summed E-state index contributed by atoms with van der Waals surface area (Å²) in [5.74, 6) is -0.525. The number of hydrogen-bond acceptors (Lipinski definition) is 3. The van der Waals surface area contributed by atoms with Gasteiger partial charge in [-0.05, 0) is 49.6 Å². The van der Waals surface area contributed by atoms with Crippen LogP contribution in [0.3, 0.4) is 0 Å². The number of ether oxygens (including phenoxy) is 1. The van der Waals surface area contributed by atoms with E-state index in [1.165, 1.54) is 6.07 Å². The van der Waals surface area contributed by atoms with Crippen LogP contribution in [-0.2, 0) is 0 Å². The van der Waals surface area contributed by atoms with Gasteiger partial charge in [-0.25, -0.2) is 4.79 Å². The summed E-state index contributed by atoms with van der Waals surface area (Å²) in [5.41, 5.74) is 0.648. The van der Waals surface area contributed by atoms with E-state index in [0.717, 1.165) is 18.6 Å². The van der Waals surface area contributed by atoms with Crippen LogP contribution in [0.5, 0.6) is 5.75 Å². The minimum atomic E-state index is -1.03. The Balaban J connectivity index is 1.68. The molecule has 2 aromatic carbocycles. The maximum Gasteiger partial charge on any atom is 0.335 e. The molecule has 1 fully saturated rings. The number of carboxylic acids is 1. The van der Waals surface area contributed by atoms with E-state index < -0.39 is 5.97 Å². The van der Waals surface area contributed by atoms with E-state index in [-0.39, 0.29) is 17.0 Å². The fourth-order valence-electron chi connectivity index (χ4n) is 2.62. The average Bonchev–Trinajstić information content (AvgIpc) is 3.33.